The van der Waals surface area contributed by atoms with Gasteiger partial charge in [0.05, 0.1) is 5.92 Å². The van der Waals surface area contributed by atoms with E-state index in [1.807, 2.05) is 0 Å². The van der Waals surface area contributed by atoms with Crippen LogP contribution in [0.15, 0.2) is 0 Å². The number of likely N-dealkylation sites (tertiary alicyclic amines) is 1. The molecule has 2 aliphatic heterocycles. The Labute approximate surface area is 111 Å². The van der Waals surface area contributed by atoms with Crippen molar-refractivity contribution < 1.29 is 19.5 Å². The van der Waals surface area contributed by atoms with E-state index in [4.69, 9.17) is 5.11 Å². The predicted molar refractivity (Wildman–Crippen MR) is 66.4 cm³/mol. The van der Waals surface area contributed by atoms with Crippen molar-refractivity contribution in [3.8, 4) is 0 Å². The van der Waals surface area contributed by atoms with Gasteiger partial charge >= 0.3 is 11.9 Å². The van der Waals surface area contributed by atoms with Gasteiger partial charge in [0.15, 0.2) is 0 Å². The monoisotopic (exact) mass is 269 g/mol. The molecule has 2 N–H and O–H groups in total. The van der Waals surface area contributed by atoms with E-state index in [0.29, 0.717) is 26.1 Å². The van der Waals surface area contributed by atoms with E-state index >= 15 is 0 Å². The molecule has 1 atom stereocenters. The van der Waals surface area contributed by atoms with Gasteiger partial charge in [0.25, 0.3) is 0 Å². The van der Waals surface area contributed by atoms with Gasteiger partial charge in [-0.05, 0) is 12.8 Å². The predicted octanol–water partition coefficient (Wildman–Crippen LogP) is -1.26. The molecule has 0 radical (unpaired) electrons. The SMILES string of the molecule is O=C(O)C(=O)N1CCCC(C(=O)N2CCNCC2)C1. The van der Waals surface area contributed by atoms with E-state index < -0.39 is 11.9 Å². The minimum absolute atomic E-state index is 0.0457. The molecule has 0 aromatic rings. The highest BCUT2D eigenvalue weighted by atomic mass is 16.4. The summed E-state index contributed by atoms with van der Waals surface area (Å²) >= 11 is 0. The van der Waals surface area contributed by atoms with Gasteiger partial charge < -0.3 is 20.2 Å². The Kier molecular flexibility index (Phi) is 4.36. The molecule has 2 saturated heterocycles. The van der Waals surface area contributed by atoms with Crippen molar-refractivity contribution in [3.63, 3.8) is 0 Å². The van der Waals surface area contributed by atoms with Crippen LogP contribution in [0.25, 0.3) is 0 Å². The van der Waals surface area contributed by atoms with E-state index in [2.05, 4.69) is 5.32 Å². The molecule has 0 aromatic carbocycles. The van der Waals surface area contributed by atoms with Crippen LogP contribution in [-0.2, 0) is 14.4 Å². The number of nitrogens with zero attached hydrogens (tertiary/aromatic N) is 2. The minimum Gasteiger partial charge on any atom is -0.474 e. The van der Waals surface area contributed by atoms with Crippen molar-refractivity contribution in [2.75, 3.05) is 39.3 Å². The van der Waals surface area contributed by atoms with Gasteiger partial charge in [0.1, 0.15) is 0 Å². The number of piperidine rings is 1. The van der Waals surface area contributed by atoms with Crippen LogP contribution < -0.4 is 5.32 Å². The van der Waals surface area contributed by atoms with Crippen molar-refractivity contribution >= 4 is 17.8 Å². The largest absolute Gasteiger partial charge is 0.474 e. The molecule has 0 aromatic heterocycles. The maximum absolute atomic E-state index is 12.3. The van der Waals surface area contributed by atoms with Crippen LogP contribution in [0.1, 0.15) is 12.8 Å². The highest BCUT2D eigenvalue weighted by molar-refractivity contribution is 6.31. The number of carbonyl (C=O) groups excluding carboxylic acids is 2. The van der Waals surface area contributed by atoms with Crippen LogP contribution in [0.3, 0.4) is 0 Å². The summed E-state index contributed by atoms with van der Waals surface area (Å²) in [4.78, 5) is 37.5. The van der Waals surface area contributed by atoms with Gasteiger partial charge in [-0.1, -0.05) is 0 Å². The van der Waals surface area contributed by atoms with Crippen LogP contribution in [0.5, 0.6) is 0 Å². The Morgan fingerprint density at radius 3 is 2.37 bits per heavy atom. The highest BCUT2D eigenvalue weighted by Gasteiger charge is 2.33. The van der Waals surface area contributed by atoms with Gasteiger partial charge in [-0.2, -0.15) is 0 Å². The quantitative estimate of drug-likeness (QED) is 0.580. The molecule has 2 aliphatic rings. The molecule has 0 saturated carbocycles. The number of hydrogen-bond donors (Lipinski definition) is 2. The second-order valence-electron chi connectivity index (χ2n) is 4.97. The molecule has 1 unspecified atom stereocenters. The smallest absolute Gasteiger partial charge is 0.394 e. The van der Waals surface area contributed by atoms with Crippen molar-refractivity contribution in [1.82, 2.24) is 15.1 Å². The Hall–Kier alpha value is -1.63. The first-order chi connectivity index (χ1) is 9.09. The molecule has 7 nitrogen and oxygen atoms in total. The van der Waals surface area contributed by atoms with E-state index in [-0.39, 0.29) is 18.4 Å². The molecule has 0 spiro atoms. The Morgan fingerprint density at radius 1 is 1.05 bits per heavy atom. The van der Waals surface area contributed by atoms with E-state index in [9.17, 15) is 14.4 Å². The molecule has 0 bridgehead atoms. The number of rotatable bonds is 1. The molecule has 2 amide bonds. The minimum atomic E-state index is -1.45. The second kappa shape index (κ2) is 6.01. The number of amides is 2. The molecule has 0 aliphatic carbocycles. The van der Waals surface area contributed by atoms with Crippen LogP contribution in [0.2, 0.25) is 0 Å². The Bertz CT molecular complexity index is 379. The maximum Gasteiger partial charge on any atom is 0.394 e. The number of hydrogen-bond acceptors (Lipinski definition) is 4. The van der Waals surface area contributed by atoms with Gasteiger partial charge in [-0.25, -0.2) is 4.79 Å². The summed E-state index contributed by atoms with van der Waals surface area (Å²) in [5, 5.41) is 11.9. The molecule has 106 valence electrons. The Morgan fingerprint density at radius 2 is 1.74 bits per heavy atom. The molecular formula is C12H19N3O4. The molecule has 19 heavy (non-hydrogen) atoms. The van der Waals surface area contributed by atoms with Gasteiger partial charge in [0, 0.05) is 39.3 Å². The lowest BCUT2D eigenvalue weighted by Gasteiger charge is -2.35. The summed E-state index contributed by atoms with van der Waals surface area (Å²) < 4.78 is 0. The summed E-state index contributed by atoms with van der Waals surface area (Å²) in [5.41, 5.74) is 0. The van der Waals surface area contributed by atoms with Gasteiger partial charge in [-0.3, -0.25) is 9.59 Å². The molecule has 7 heteroatoms. The lowest BCUT2D eigenvalue weighted by molar-refractivity contribution is -0.157. The summed E-state index contributed by atoms with van der Waals surface area (Å²) in [6.45, 7) is 3.60. The molecule has 2 heterocycles. The lowest BCUT2D eigenvalue weighted by atomic mass is 9.96. The van der Waals surface area contributed by atoms with Crippen molar-refractivity contribution in [3.05, 3.63) is 0 Å². The zero-order valence-corrected chi connectivity index (χ0v) is 10.8. The van der Waals surface area contributed by atoms with Gasteiger partial charge in [-0.15, -0.1) is 0 Å². The van der Waals surface area contributed by atoms with Crippen LogP contribution in [0.4, 0.5) is 0 Å². The van der Waals surface area contributed by atoms with E-state index in [1.165, 1.54) is 4.90 Å². The fraction of sp³-hybridized carbons (Fsp3) is 0.750. The van der Waals surface area contributed by atoms with Crippen molar-refractivity contribution in [2.45, 2.75) is 12.8 Å². The normalized spacial score (nSPS) is 24.1. The highest BCUT2D eigenvalue weighted by Crippen LogP contribution is 2.19. The third-order valence-corrected chi connectivity index (χ3v) is 3.67. The molecule has 2 rings (SSSR count). The third-order valence-electron chi connectivity index (χ3n) is 3.67. The summed E-state index contributed by atoms with van der Waals surface area (Å²) in [6.07, 6.45) is 1.41. The number of carbonyl (C=O) groups is 3. The van der Waals surface area contributed by atoms with Crippen LogP contribution >= 0.6 is 0 Å². The maximum atomic E-state index is 12.3. The molecular weight excluding hydrogens is 250 g/mol. The zero-order valence-electron chi connectivity index (χ0n) is 10.8. The number of carboxylic acids is 1. The first-order valence-electron chi connectivity index (χ1n) is 6.61. The third kappa shape index (κ3) is 3.23. The summed E-state index contributed by atoms with van der Waals surface area (Å²) in [5.74, 6) is -2.56. The number of carboxylic acid groups (broad SMARTS) is 1. The summed E-state index contributed by atoms with van der Waals surface area (Å²) in [7, 11) is 0. The van der Waals surface area contributed by atoms with Gasteiger partial charge in [0.2, 0.25) is 5.91 Å². The van der Waals surface area contributed by atoms with E-state index in [0.717, 1.165) is 19.5 Å². The number of piperazine rings is 1. The standard InChI is InChI=1S/C12H19N3O4/c16-10(14-6-3-13-4-7-14)9-2-1-5-15(8-9)11(17)12(18)19/h9,13H,1-8H2,(H,18,19). The average molecular weight is 269 g/mol. The lowest BCUT2D eigenvalue weighted by Crippen LogP contribution is -2.52. The van der Waals surface area contributed by atoms with Crippen LogP contribution in [-0.4, -0.2) is 72.0 Å². The fourth-order valence-corrected chi connectivity index (χ4v) is 2.64. The first-order valence-corrected chi connectivity index (χ1v) is 6.61. The summed E-state index contributed by atoms with van der Waals surface area (Å²) in [6, 6.07) is 0. The average Bonchev–Trinajstić information content (AvgIpc) is 2.46. The van der Waals surface area contributed by atoms with Crippen LogP contribution in [0, 0.1) is 5.92 Å². The molecule has 2 fully saturated rings. The topological polar surface area (TPSA) is 90.0 Å². The second-order valence-corrected chi connectivity index (χ2v) is 4.97. The van der Waals surface area contributed by atoms with E-state index in [1.54, 1.807) is 4.90 Å². The number of aliphatic carboxylic acids is 1. The Balaban J connectivity index is 1.94. The van der Waals surface area contributed by atoms with Crippen molar-refractivity contribution in [2.24, 2.45) is 5.92 Å². The van der Waals surface area contributed by atoms with Crippen molar-refractivity contribution in [1.29, 1.82) is 0 Å². The number of nitrogens with one attached hydrogen (secondary N) is 1. The fourth-order valence-electron chi connectivity index (χ4n) is 2.64. The first kappa shape index (κ1) is 13.8. The zero-order chi connectivity index (χ0) is 13.8.